The molecule has 0 aliphatic rings. The van der Waals surface area contributed by atoms with Crippen molar-refractivity contribution in [3.8, 4) is 5.75 Å². The molecule has 0 heterocycles. The van der Waals surface area contributed by atoms with E-state index in [1.165, 1.54) is 0 Å². The summed E-state index contributed by atoms with van der Waals surface area (Å²) in [5.41, 5.74) is 1.03. The molecule has 4 heteroatoms. The summed E-state index contributed by atoms with van der Waals surface area (Å²) >= 11 is 0. The predicted octanol–water partition coefficient (Wildman–Crippen LogP) is 2.94. The monoisotopic (exact) mass is 250 g/mol. The van der Waals surface area contributed by atoms with Crippen molar-refractivity contribution in [1.82, 2.24) is 0 Å². The maximum Gasteiger partial charge on any atom is 0.303 e. The van der Waals surface area contributed by atoms with Crippen molar-refractivity contribution in [3.63, 3.8) is 0 Å². The van der Waals surface area contributed by atoms with E-state index in [1.807, 2.05) is 36.4 Å². The SMILES string of the molecule is COCOc1cccc(C=CCCCC(=O)O)c1. The number of carboxylic acid groups (broad SMARTS) is 1. The third kappa shape index (κ3) is 6.06. The van der Waals surface area contributed by atoms with Crippen LogP contribution in [0.15, 0.2) is 30.3 Å². The summed E-state index contributed by atoms with van der Waals surface area (Å²) in [5, 5.41) is 8.50. The lowest BCUT2D eigenvalue weighted by Crippen LogP contribution is -1.98. The number of hydrogen-bond donors (Lipinski definition) is 1. The Morgan fingerprint density at radius 1 is 1.44 bits per heavy atom. The first kappa shape index (κ1) is 14.3. The first-order chi connectivity index (χ1) is 8.72. The van der Waals surface area contributed by atoms with Gasteiger partial charge in [0.25, 0.3) is 0 Å². The largest absolute Gasteiger partial charge is 0.481 e. The summed E-state index contributed by atoms with van der Waals surface area (Å²) in [6, 6.07) is 7.64. The lowest BCUT2D eigenvalue weighted by atomic mass is 10.1. The highest BCUT2D eigenvalue weighted by Crippen LogP contribution is 2.14. The van der Waals surface area contributed by atoms with Gasteiger partial charge in [0.05, 0.1) is 0 Å². The number of carbonyl (C=O) groups is 1. The molecule has 18 heavy (non-hydrogen) atoms. The molecule has 1 aromatic carbocycles. The molecular formula is C14H18O4. The highest BCUT2D eigenvalue weighted by molar-refractivity contribution is 5.66. The molecule has 0 amide bonds. The van der Waals surface area contributed by atoms with Gasteiger partial charge in [-0.1, -0.05) is 24.3 Å². The van der Waals surface area contributed by atoms with Crippen LogP contribution in [0.4, 0.5) is 0 Å². The normalized spacial score (nSPS) is 10.7. The second kappa shape index (κ2) is 8.31. The summed E-state index contributed by atoms with van der Waals surface area (Å²) in [5.74, 6) is 0.00268. The zero-order valence-corrected chi connectivity index (χ0v) is 10.5. The number of allylic oxidation sites excluding steroid dienone is 1. The van der Waals surface area contributed by atoms with Crippen LogP contribution in [0.1, 0.15) is 24.8 Å². The molecule has 1 N–H and O–H groups in total. The van der Waals surface area contributed by atoms with E-state index < -0.39 is 5.97 Å². The molecule has 0 aromatic heterocycles. The minimum Gasteiger partial charge on any atom is -0.481 e. The Hall–Kier alpha value is -1.81. The van der Waals surface area contributed by atoms with E-state index in [1.54, 1.807) is 7.11 Å². The predicted molar refractivity (Wildman–Crippen MR) is 69.5 cm³/mol. The fraction of sp³-hybridized carbons (Fsp3) is 0.357. The Labute approximate surface area is 107 Å². The van der Waals surface area contributed by atoms with Crippen molar-refractivity contribution < 1.29 is 19.4 Å². The Balaban J connectivity index is 2.41. The number of benzene rings is 1. The molecule has 0 fully saturated rings. The fourth-order valence-electron chi connectivity index (χ4n) is 1.43. The Kier molecular flexibility index (Phi) is 6.58. The second-order valence-electron chi connectivity index (χ2n) is 3.81. The molecule has 0 atom stereocenters. The number of hydrogen-bond acceptors (Lipinski definition) is 3. The van der Waals surface area contributed by atoms with Gasteiger partial charge in [0, 0.05) is 13.5 Å². The molecule has 0 bridgehead atoms. The number of carboxylic acids is 1. The minimum absolute atomic E-state index is 0.210. The van der Waals surface area contributed by atoms with Gasteiger partial charge in [0.1, 0.15) is 5.75 Å². The molecule has 1 aromatic rings. The summed E-state index contributed by atoms with van der Waals surface area (Å²) < 4.78 is 10.1. The van der Waals surface area contributed by atoms with E-state index >= 15 is 0 Å². The highest BCUT2D eigenvalue weighted by Gasteiger charge is 1.95. The summed E-state index contributed by atoms with van der Waals surface area (Å²) in [4.78, 5) is 10.3. The average Bonchev–Trinajstić information content (AvgIpc) is 2.36. The van der Waals surface area contributed by atoms with Gasteiger partial charge in [-0.15, -0.1) is 0 Å². The Morgan fingerprint density at radius 3 is 3.00 bits per heavy atom. The molecule has 0 spiro atoms. The number of rotatable bonds is 8. The minimum atomic E-state index is -0.752. The number of methoxy groups -OCH3 is 1. The lowest BCUT2D eigenvalue weighted by molar-refractivity contribution is -0.137. The van der Waals surface area contributed by atoms with E-state index in [0.29, 0.717) is 6.42 Å². The zero-order valence-electron chi connectivity index (χ0n) is 10.5. The summed E-state index contributed by atoms with van der Waals surface area (Å²) in [6.45, 7) is 0.228. The van der Waals surface area contributed by atoms with Crippen LogP contribution in [0, 0.1) is 0 Å². The fourth-order valence-corrected chi connectivity index (χ4v) is 1.43. The van der Waals surface area contributed by atoms with Gasteiger partial charge >= 0.3 is 5.97 Å². The van der Waals surface area contributed by atoms with Crippen molar-refractivity contribution >= 4 is 12.0 Å². The van der Waals surface area contributed by atoms with Crippen LogP contribution in [0.3, 0.4) is 0 Å². The van der Waals surface area contributed by atoms with E-state index in [9.17, 15) is 4.79 Å². The molecule has 1 rings (SSSR count). The molecule has 0 aliphatic heterocycles. The van der Waals surface area contributed by atoms with Gasteiger partial charge in [-0.25, -0.2) is 0 Å². The Bertz CT molecular complexity index is 399. The highest BCUT2D eigenvalue weighted by atomic mass is 16.7. The van der Waals surface area contributed by atoms with Gasteiger partial charge in [-0.2, -0.15) is 0 Å². The van der Waals surface area contributed by atoms with Crippen LogP contribution in [0.25, 0.3) is 6.08 Å². The molecule has 0 saturated carbocycles. The molecule has 0 aliphatic carbocycles. The number of ether oxygens (including phenoxy) is 2. The summed E-state index contributed by atoms with van der Waals surface area (Å²) in [7, 11) is 1.58. The molecular weight excluding hydrogens is 232 g/mol. The van der Waals surface area contributed by atoms with Gasteiger partial charge in [-0.3, -0.25) is 4.79 Å². The van der Waals surface area contributed by atoms with Crippen molar-refractivity contribution in [2.24, 2.45) is 0 Å². The first-order valence-corrected chi connectivity index (χ1v) is 5.82. The van der Waals surface area contributed by atoms with Crippen LogP contribution in [0.2, 0.25) is 0 Å². The molecule has 0 unspecified atom stereocenters. The van der Waals surface area contributed by atoms with Crippen molar-refractivity contribution in [1.29, 1.82) is 0 Å². The number of aliphatic carboxylic acids is 1. The standard InChI is InChI=1S/C14H18O4/c1-17-11-18-13-8-5-7-12(10-13)6-3-2-4-9-14(15)16/h3,5-8,10H,2,4,9,11H2,1H3,(H,15,16). The third-order valence-electron chi connectivity index (χ3n) is 2.27. The molecule has 98 valence electrons. The quantitative estimate of drug-likeness (QED) is 0.569. The smallest absolute Gasteiger partial charge is 0.303 e. The van der Waals surface area contributed by atoms with Crippen LogP contribution in [-0.2, 0) is 9.53 Å². The molecule has 0 radical (unpaired) electrons. The van der Waals surface area contributed by atoms with E-state index in [4.69, 9.17) is 14.6 Å². The van der Waals surface area contributed by atoms with Crippen LogP contribution in [0.5, 0.6) is 5.75 Å². The van der Waals surface area contributed by atoms with Crippen LogP contribution >= 0.6 is 0 Å². The zero-order chi connectivity index (χ0) is 13.2. The topological polar surface area (TPSA) is 55.8 Å². The lowest BCUT2D eigenvalue weighted by Gasteiger charge is -2.04. The van der Waals surface area contributed by atoms with Gasteiger partial charge in [-0.05, 0) is 30.5 Å². The second-order valence-corrected chi connectivity index (χ2v) is 3.81. The number of unbranched alkanes of at least 4 members (excludes halogenated alkanes) is 1. The van der Waals surface area contributed by atoms with Crippen molar-refractivity contribution in [3.05, 3.63) is 35.9 Å². The molecule has 4 nitrogen and oxygen atoms in total. The van der Waals surface area contributed by atoms with E-state index in [2.05, 4.69) is 0 Å². The van der Waals surface area contributed by atoms with Crippen LogP contribution in [-0.4, -0.2) is 25.0 Å². The van der Waals surface area contributed by atoms with E-state index in [0.717, 1.165) is 17.7 Å². The van der Waals surface area contributed by atoms with Gasteiger partial charge in [0.15, 0.2) is 6.79 Å². The third-order valence-corrected chi connectivity index (χ3v) is 2.27. The Morgan fingerprint density at radius 2 is 2.28 bits per heavy atom. The van der Waals surface area contributed by atoms with Gasteiger partial charge in [0.2, 0.25) is 0 Å². The van der Waals surface area contributed by atoms with Crippen molar-refractivity contribution in [2.45, 2.75) is 19.3 Å². The van der Waals surface area contributed by atoms with E-state index in [-0.39, 0.29) is 13.2 Å². The summed E-state index contributed by atoms with van der Waals surface area (Å²) in [6.07, 6.45) is 5.56. The maximum absolute atomic E-state index is 10.3. The van der Waals surface area contributed by atoms with Crippen molar-refractivity contribution in [2.75, 3.05) is 13.9 Å². The average molecular weight is 250 g/mol. The maximum atomic E-state index is 10.3. The first-order valence-electron chi connectivity index (χ1n) is 5.82. The van der Waals surface area contributed by atoms with Gasteiger partial charge < -0.3 is 14.6 Å². The van der Waals surface area contributed by atoms with Crippen LogP contribution < -0.4 is 4.74 Å². The molecule has 0 saturated heterocycles.